The van der Waals surface area contributed by atoms with Gasteiger partial charge >= 0.3 is 6.18 Å². The lowest BCUT2D eigenvalue weighted by Crippen LogP contribution is -2.46. The van der Waals surface area contributed by atoms with Gasteiger partial charge in [0.25, 0.3) is 5.91 Å². The molecule has 1 aliphatic rings. The number of rotatable bonds is 3. The van der Waals surface area contributed by atoms with E-state index < -0.39 is 22.7 Å². The van der Waals surface area contributed by atoms with Gasteiger partial charge in [-0.15, -0.1) is 10.2 Å². The summed E-state index contributed by atoms with van der Waals surface area (Å²) in [6.07, 6.45) is -1.47. The summed E-state index contributed by atoms with van der Waals surface area (Å²) in [6, 6.07) is 3.31. The molecule has 0 aliphatic carbocycles. The molecule has 1 aromatic carbocycles. The Morgan fingerprint density at radius 1 is 1.20 bits per heavy atom. The number of hydrogen-bond donors (Lipinski definition) is 0. The van der Waals surface area contributed by atoms with Gasteiger partial charge in [-0.1, -0.05) is 23.7 Å². The van der Waals surface area contributed by atoms with Crippen LogP contribution in [0.5, 0.6) is 0 Å². The fraction of sp³-hybridized carbons (Fsp3) is 0.278. The van der Waals surface area contributed by atoms with Gasteiger partial charge in [0.15, 0.2) is 5.82 Å². The van der Waals surface area contributed by atoms with Gasteiger partial charge in [-0.05, 0) is 34.5 Å². The van der Waals surface area contributed by atoms with E-state index in [0.717, 1.165) is 6.07 Å². The summed E-state index contributed by atoms with van der Waals surface area (Å²) < 4.78 is 41.7. The Hall–Kier alpha value is -2.53. The van der Waals surface area contributed by atoms with E-state index in [-0.39, 0.29) is 24.0 Å². The quantitative estimate of drug-likeness (QED) is 0.537. The minimum Gasteiger partial charge on any atom is -0.327 e. The van der Waals surface area contributed by atoms with Crippen molar-refractivity contribution in [2.45, 2.75) is 32.2 Å². The monoisotopic (exact) mass is 500 g/mol. The molecule has 0 fully saturated rings. The van der Waals surface area contributed by atoms with Gasteiger partial charge < -0.3 is 4.90 Å². The van der Waals surface area contributed by atoms with E-state index in [0.29, 0.717) is 22.7 Å². The van der Waals surface area contributed by atoms with E-state index in [1.165, 1.54) is 17.0 Å². The number of nitrogens with zero attached hydrogens (tertiary/aromatic N) is 6. The molecule has 1 amide bonds. The van der Waals surface area contributed by atoms with E-state index >= 15 is 0 Å². The minimum atomic E-state index is -4.58. The zero-order valence-corrected chi connectivity index (χ0v) is 17.7. The lowest BCUT2D eigenvalue weighted by atomic mass is 10.1. The van der Waals surface area contributed by atoms with E-state index in [4.69, 9.17) is 11.6 Å². The highest BCUT2D eigenvalue weighted by Gasteiger charge is 2.37. The van der Waals surface area contributed by atoms with Crippen LogP contribution in [0.1, 0.15) is 28.7 Å². The van der Waals surface area contributed by atoms with E-state index in [2.05, 4.69) is 36.1 Å². The maximum absolute atomic E-state index is 13.1. The van der Waals surface area contributed by atoms with E-state index in [1.54, 1.807) is 23.9 Å². The molecule has 1 atom stereocenters. The Balaban J connectivity index is 1.65. The smallest absolute Gasteiger partial charge is 0.327 e. The molecule has 0 unspecified atom stereocenters. The van der Waals surface area contributed by atoms with Crippen LogP contribution in [0.25, 0.3) is 11.6 Å². The number of alkyl halides is 3. The summed E-state index contributed by atoms with van der Waals surface area (Å²) >= 11 is 9.25. The Labute approximate surface area is 182 Å². The molecular weight excluding hydrogens is 489 g/mol. The highest BCUT2D eigenvalue weighted by atomic mass is 79.9. The van der Waals surface area contributed by atoms with Crippen molar-refractivity contribution in [3.05, 3.63) is 57.0 Å². The predicted molar refractivity (Wildman–Crippen MR) is 105 cm³/mol. The highest BCUT2D eigenvalue weighted by molar-refractivity contribution is 9.10. The van der Waals surface area contributed by atoms with Crippen molar-refractivity contribution in [3.63, 3.8) is 0 Å². The number of halogens is 5. The number of fused-ring (bicyclic) bond motifs is 1. The first-order chi connectivity index (χ1) is 14.2. The molecule has 0 bridgehead atoms. The molecule has 2 aromatic heterocycles. The number of hydrogen-bond acceptors (Lipinski definition) is 5. The Bertz CT molecular complexity index is 1120. The summed E-state index contributed by atoms with van der Waals surface area (Å²) in [4.78, 5) is 22.8. The fourth-order valence-corrected chi connectivity index (χ4v) is 3.75. The second-order valence-electron chi connectivity index (χ2n) is 6.74. The number of benzene rings is 1. The largest absolute Gasteiger partial charge is 0.417 e. The fourth-order valence-electron chi connectivity index (χ4n) is 3.25. The van der Waals surface area contributed by atoms with Crippen LogP contribution in [0.2, 0.25) is 5.02 Å². The minimum absolute atomic E-state index is 0.0673. The van der Waals surface area contributed by atoms with Crippen LogP contribution in [0.3, 0.4) is 0 Å². The second-order valence-corrected chi connectivity index (χ2v) is 8.03. The number of amides is 1. The van der Waals surface area contributed by atoms with Gasteiger partial charge in [-0.3, -0.25) is 9.36 Å². The first kappa shape index (κ1) is 20.7. The third kappa shape index (κ3) is 3.67. The summed E-state index contributed by atoms with van der Waals surface area (Å²) in [5, 5.41) is 7.58. The van der Waals surface area contributed by atoms with Crippen LogP contribution in [0.4, 0.5) is 13.2 Å². The van der Waals surface area contributed by atoms with E-state index in [1.807, 2.05) is 0 Å². The van der Waals surface area contributed by atoms with Crippen LogP contribution < -0.4 is 0 Å². The summed E-state index contributed by atoms with van der Waals surface area (Å²) in [5.41, 5.74) is -0.729. The van der Waals surface area contributed by atoms with Gasteiger partial charge in [0.05, 0.1) is 15.1 Å². The Morgan fingerprint density at radius 3 is 2.53 bits per heavy atom. The normalized spacial score (nSPS) is 16.7. The number of carbonyl (C=O) groups excluding carboxylic acids is 1. The van der Waals surface area contributed by atoms with Crippen molar-refractivity contribution in [2.24, 2.45) is 0 Å². The zero-order chi connectivity index (χ0) is 21.6. The van der Waals surface area contributed by atoms with Gasteiger partial charge in [-0.25, -0.2) is 9.97 Å². The summed E-state index contributed by atoms with van der Waals surface area (Å²) in [7, 11) is 0. The first-order valence-electron chi connectivity index (χ1n) is 8.73. The summed E-state index contributed by atoms with van der Waals surface area (Å²) in [5.74, 6) is 0.261. The van der Waals surface area contributed by atoms with Crippen molar-refractivity contribution in [1.29, 1.82) is 0 Å². The van der Waals surface area contributed by atoms with Crippen molar-refractivity contribution >= 4 is 33.4 Å². The predicted octanol–water partition coefficient (Wildman–Crippen LogP) is 4.21. The third-order valence-electron chi connectivity index (χ3n) is 4.73. The summed E-state index contributed by atoms with van der Waals surface area (Å²) in [6.45, 7) is 2.04. The van der Waals surface area contributed by atoms with Gasteiger partial charge in [0, 0.05) is 31.5 Å². The Kier molecular flexibility index (Phi) is 5.27. The molecule has 4 rings (SSSR count). The topological polar surface area (TPSA) is 76.8 Å². The lowest BCUT2D eigenvalue weighted by molar-refractivity contribution is -0.137. The van der Waals surface area contributed by atoms with Crippen molar-refractivity contribution in [3.8, 4) is 11.6 Å². The number of aromatic nitrogens is 5. The van der Waals surface area contributed by atoms with E-state index in [9.17, 15) is 18.0 Å². The maximum Gasteiger partial charge on any atom is 0.417 e. The molecule has 0 spiro atoms. The first-order valence-corrected chi connectivity index (χ1v) is 9.90. The van der Waals surface area contributed by atoms with Crippen molar-refractivity contribution in [1.82, 2.24) is 29.6 Å². The molecule has 156 valence electrons. The maximum atomic E-state index is 13.1. The highest BCUT2D eigenvalue weighted by Crippen LogP contribution is 2.37. The van der Waals surface area contributed by atoms with Gasteiger partial charge in [0.1, 0.15) is 0 Å². The SMILES string of the molecule is C[C@H]1Cn2c(nnc2-c2ncc(Br)cn2)C(=O)N1Cc1cccc(C(F)(F)F)c1Cl. The molecule has 3 heterocycles. The molecule has 3 aromatic rings. The molecule has 0 radical (unpaired) electrons. The molecular formula is C18H13BrClF3N6O. The lowest BCUT2D eigenvalue weighted by Gasteiger charge is -2.34. The molecule has 0 saturated carbocycles. The van der Waals surface area contributed by atoms with Crippen molar-refractivity contribution in [2.75, 3.05) is 0 Å². The van der Waals surface area contributed by atoms with Crippen LogP contribution in [-0.4, -0.2) is 41.6 Å². The molecule has 0 saturated heterocycles. The van der Waals surface area contributed by atoms with Gasteiger partial charge in [-0.2, -0.15) is 13.2 Å². The van der Waals surface area contributed by atoms with Crippen LogP contribution in [0, 0.1) is 0 Å². The van der Waals surface area contributed by atoms with Crippen molar-refractivity contribution < 1.29 is 18.0 Å². The zero-order valence-electron chi connectivity index (χ0n) is 15.4. The molecule has 1 aliphatic heterocycles. The van der Waals surface area contributed by atoms with Gasteiger partial charge in [0.2, 0.25) is 11.6 Å². The standard InChI is InChI=1S/C18H13BrClF3N6O/c1-9-7-29-15(14-24-5-11(19)6-25-14)26-27-16(29)17(30)28(9)8-10-3-2-4-12(13(10)20)18(21,22)23/h2-6,9H,7-8H2,1H3/t9-/m0/s1. The molecule has 12 heteroatoms. The third-order valence-corrected chi connectivity index (χ3v) is 5.58. The molecule has 0 N–H and O–H groups in total. The molecule has 30 heavy (non-hydrogen) atoms. The van der Waals surface area contributed by atoms with Crippen LogP contribution >= 0.6 is 27.5 Å². The second kappa shape index (κ2) is 7.62. The van der Waals surface area contributed by atoms with Crippen LogP contribution in [-0.2, 0) is 19.3 Å². The Morgan fingerprint density at radius 2 is 1.87 bits per heavy atom. The number of carbonyl (C=O) groups is 1. The average molecular weight is 502 g/mol. The molecule has 7 nitrogen and oxygen atoms in total. The van der Waals surface area contributed by atoms with Crippen LogP contribution in [0.15, 0.2) is 35.1 Å². The average Bonchev–Trinajstić information content (AvgIpc) is 3.10.